The zero-order valence-electron chi connectivity index (χ0n) is 16.0. The number of nitrogens with one attached hydrogen (secondary N) is 2. The van der Waals surface area contributed by atoms with Crippen LogP contribution >= 0.6 is 0 Å². The van der Waals surface area contributed by atoms with Crippen molar-refractivity contribution in [1.29, 1.82) is 0 Å². The van der Waals surface area contributed by atoms with Crippen LogP contribution in [0.4, 0.5) is 4.79 Å². The molecule has 2 aliphatic heterocycles. The average molecular weight is 393 g/mol. The summed E-state index contributed by atoms with van der Waals surface area (Å²) in [4.78, 5) is 39.6. The van der Waals surface area contributed by atoms with Gasteiger partial charge in [0.15, 0.2) is 5.54 Å². The second-order valence-corrected chi connectivity index (χ2v) is 7.24. The number of nitrogens with zero attached hydrogens (tertiary/aromatic N) is 1. The van der Waals surface area contributed by atoms with Crippen LogP contribution in [-0.4, -0.2) is 48.5 Å². The molecule has 4 amide bonds. The topological polar surface area (TPSA) is 87.7 Å². The number of carbonyl (C=O) groups excluding carboxylic acids is 3. The molecule has 2 aromatic rings. The molecule has 2 N–H and O–H groups in total. The third kappa shape index (κ3) is 3.61. The number of urea groups is 1. The lowest BCUT2D eigenvalue weighted by Gasteiger charge is -2.28. The Bertz CT molecular complexity index is 855. The Hall–Kier alpha value is -3.19. The van der Waals surface area contributed by atoms with E-state index >= 15 is 0 Å². The summed E-state index contributed by atoms with van der Waals surface area (Å²) in [7, 11) is 0. The predicted octanol–water partition coefficient (Wildman–Crippen LogP) is 1.78. The molecule has 0 spiro atoms. The van der Waals surface area contributed by atoms with E-state index in [4.69, 9.17) is 4.74 Å². The van der Waals surface area contributed by atoms with E-state index in [-0.39, 0.29) is 18.6 Å². The summed E-state index contributed by atoms with van der Waals surface area (Å²) in [5.74, 6) is -0.854. The maximum Gasteiger partial charge on any atom is 0.326 e. The van der Waals surface area contributed by atoms with E-state index in [0.717, 1.165) is 17.7 Å². The molecule has 2 fully saturated rings. The number of hydrogen-bond donors (Lipinski definition) is 2. The van der Waals surface area contributed by atoms with E-state index in [0.29, 0.717) is 24.3 Å². The van der Waals surface area contributed by atoms with Gasteiger partial charge >= 0.3 is 6.03 Å². The molecule has 7 heteroatoms. The minimum Gasteiger partial charge on any atom is -0.376 e. The quantitative estimate of drug-likeness (QED) is 0.733. The molecule has 0 saturated carbocycles. The lowest BCUT2D eigenvalue weighted by Crippen LogP contribution is -2.46. The summed E-state index contributed by atoms with van der Waals surface area (Å²) >= 11 is 0. The number of rotatable bonds is 6. The van der Waals surface area contributed by atoms with Crippen LogP contribution in [0.5, 0.6) is 0 Å². The van der Waals surface area contributed by atoms with Gasteiger partial charge < -0.3 is 15.4 Å². The highest BCUT2D eigenvalue weighted by atomic mass is 16.5. The molecule has 0 bridgehead atoms. The van der Waals surface area contributed by atoms with E-state index in [1.165, 1.54) is 0 Å². The molecular formula is C22H23N3O4. The van der Waals surface area contributed by atoms with E-state index in [9.17, 15) is 14.4 Å². The van der Waals surface area contributed by atoms with Gasteiger partial charge in [-0.1, -0.05) is 60.7 Å². The van der Waals surface area contributed by atoms with Gasteiger partial charge in [-0.05, 0) is 24.0 Å². The predicted molar refractivity (Wildman–Crippen MR) is 106 cm³/mol. The summed E-state index contributed by atoms with van der Waals surface area (Å²) in [6.45, 7) is 0.744. The molecule has 150 valence electrons. The highest BCUT2D eigenvalue weighted by Crippen LogP contribution is 2.35. The molecule has 0 radical (unpaired) electrons. The van der Waals surface area contributed by atoms with E-state index in [2.05, 4.69) is 10.6 Å². The van der Waals surface area contributed by atoms with Crippen molar-refractivity contribution in [3.8, 4) is 0 Å². The van der Waals surface area contributed by atoms with Crippen LogP contribution in [0.2, 0.25) is 0 Å². The first-order valence-electron chi connectivity index (χ1n) is 9.75. The molecule has 2 aromatic carbocycles. The van der Waals surface area contributed by atoms with Crippen molar-refractivity contribution >= 4 is 17.8 Å². The van der Waals surface area contributed by atoms with E-state index < -0.39 is 17.5 Å². The zero-order valence-corrected chi connectivity index (χ0v) is 16.0. The summed E-state index contributed by atoms with van der Waals surface area (Å²) < 4.78 is 5.49. The molecule has 2 aliphatic rings. The number of benzene rings is 2. The summed E-state index contributed by atoms with van der Waals surface area (Å²) in [5, 5.41) is 5.60. The summed E-state index contributed by atoms with van der Waals surface area (Å²) in [5.41, 5.74) is -0.0623. The molecule has 7 nitrogen and oxygen atoms in total. The Morgan fingerprint density at radius 2 is 1.69 bits per heavy atom. The lowest BCUT2D eigenvalue weighted by atomic mass is 9.82. The minimum absolute atomic E-state index is 0.00483. The fraction of sp³-hybridized carbons (Fsp3) is 0.318. The first-order valence-corrected chi connectivity index (χ1v) is 9.75. The second-order valence-electron chi connectivity index (χ2n) is 7.24. The molecule has 0 unspecified atom stereocenters. The fourth-order valence-corrected chi connectivity index (χ4v) is 3.89. The van der Waals surface area contributed by atoms with Crippen molar-refractivity contribution in [3.05, 3.63) is 71.8 Å². The maximum absolute atomic E-state index is 13.5. The van der Waals surface area contributed by atoms with Crippen LogP contribution in [-0.2, 0) is 19.9 Å². The highest BCUT2D eigenvalue weighted by molar-refractivity contribution is 6.11. The van der Waals surface area contributed by atoms with Crippen molar-refractivity contribution in [2.45, 2.75) is 24.5 Å². The van der Waals surface area contributed by atoms with Gasteiger partial charge in [0, 0.05) is 13.2 Å². The normalized spacial score (nSPS) is 20.6. The van der Waals surface area contributed by atoms with Crippen molar-refractivity contribution in [2.75, 3.05) is 19.7 Å². The molecule has 0 aromatic heterocycles. The van der Waals surface area contributed by atoms with Gasteiger partial charge in [0.05, 0.1) is 6.10 Å². The van der Waals surface area contributed by atoms with Crippen LogP contribution in [0.1, 0.15) is 24.0 Å². The SMILES string of the molecule is O=C(CN1C(=O)NC(c2ccccc2)(c2ccccc2)C1=O)NC[C@H]1CCCO1. The van der Waals surface area contributed by atoms with Gasteiger partial charge in [0.25, 0.3) is 5.91 Å². The standard InChI is InChI=1S/C22H23N3O4/c26-19(23-14-18-12-7-13-29-18)15-25-20(27)22(24-21(25)28,16-8-3-1-4-9-16)17-10-5-2-6-11-17/h1-6,8-11,18H,7,12-15H2,(H,23,26)(H,24,28)/t18-/m1/s1. The summed E-state index contributed by atoms with van der Waals surface area (Å²) in [6.07, 6.45) is 1.87. The Labute approximate surface area is 169 Å². The van der Waals surface area contributed by atoms with Crippen LogP contribution < -0.4 is 10.6 Å². The zero-order chi connectivity index (χ0) is 20.3. The number of carbonyl (C=O) groups is 3. The van der Waals surface area contributed by atoms with Gasteiger partial charge in [0.1, 0.15) is 6.54 Å². The van der Waals surface area contributed by atoms with Crippen molar-refractivity contribution in [3.63, 3.8) is 0 Å². The molecule has 2 saturated heterocycles. The Kier molecular flexibility index (Phi) is 5.31. The monoisotopic (exact) mass is 393 g/mol. The van der Waals surface area contributed by atoms with Gasteiger partial charge in [0.2, 0.25) is 5.91 Å². The Morgan fingerprint density at radius 1 is 1.07 bits per heavy atom. The van der Waals surface area contributed by atoms with Gasteiger partial charge in [-0.3, -0.25) is 14.5 Å². The molecule has 4 rings (SSSR count). The average Bonchev–Trinajstić information content (AvgIpc) is 3.36. The fourth-order valence-electron chi connectivity index (χ4n) is 3.89. The minimum atomic E-state index is -1.35. The molecular weight excluding hydrogens is 370 g/mol. The number of ether oxygens (including phenoxy) is 1. The second kappa shape index (κ2) is 8.05. The van der Waals surface area contributed by atoms with Gasteiger partial charge in [-0.25, -0.2) is 4.79 Å². The number of amides is 4. The largest absolute Gasteiger partial charge is 0.376 e. The third-order valence-corrected chi connectivity index (χ3v) is 5.37. The Morgan fingerprint density at radius 3 is 2.24 bits per heavy atom. The number of imide groups is 1. The van der Waals surface area contributed by atoms with E-state index in [1.807, 2.05) is 36.4 Å². The van der Waals surface area contributed by atoms with E-state index in [1.54, 1.807) is 24.3 Å². The molecule has 29 heavy (non-hydrogen) atoms. The van der Waals surface area contributed by atoms with Crippen LogP contribution in [0.15, 0.2) is 60.7 Å². The van der Waals surface area contributed by atoms with Crippen LogP contribution in [0, 0.1) is 0 Å². The van der Waals surface area contributed by atoms with Crippen molar-refractivity contribution in [1.82, 2.24) is 15.5 Å². The summed E-state index contributed by atoms with van der Waals surface area (Å²) in [6, 6.07) is 17.6. The first-order chi connectivity index (χ1) is 14.1. The third-order valence-electron chi connectivity index (χ3n) is 5.37. The highest BCUT2D eigenvalue weighted by Gasteiger charge is 2.54. The van der Waals surface area contributed by atoms with Crippen molar-refractivity contribution in [2.24, 2.45) is 0 Å². The lowest BCUT2D eigenvalue weighted by molar-refractivity contribution is -0.134. The molecule has 0 aliphatic carbocycles. The van der Waals surface area contributed by atoms with Crippen LogP contribution in [0.25, 0.3) is 0 Å². The number of hydrogen-bond acceptors (Lipinski definition) is 4. The van der Waals surface area contributed by atoms with Crippen molar-refractivity contribution < 1.29 is 19.1 Å². The molecule has 2 heterocycles. The van der Waals surface area contributed by atoms with Gasteiger partial charge in [-0.15, -0.1) is 0 Å². The van der Waals surface area contributed by atoms with Crippen LogP contribution in [0.3, 0.4) is 0 Å². The molecule has 1 atom stereocenters. The maximum atomic E-state index is 13.5. The first kappa shape index (κ1) is 19.1. The Balaban J connectivity index is 1.57. The van der Waals surface area contributed by atoms with Gasteiger partial charge in [-0.2, -0.15) is 0 Å². The smallest absolute Gasteiger partial charge is 0.326 e.